The molecule has 0 bridgehead atoms. The van der Waals surface area contributed by atoms with Gasteiger partial charge in [0.05, 0.1) is 0 Å². The van der Waals surface area contributed by atoms with Crippen LogP contribution < -0.4 is 10.2 Å². The standard InChI is InChI=1S/C16H28N2/c1-6-17-12-15-7-9-16(10-8-15)18(5)14(4)11-13(2)3/h7-10,13-14,17H,6,11-12H2,1-5H3. The van der Waals surface area contributed by atoms with E-state index in [0.717, 1.165) is 19.0 Å². The Balaban J connectivity index is 2.60. The Labute approximate surface area is 112 Å². The lowest BCUT2D eigenvalue weighted by atomic mass is 10.0. The molecule has 0 heterocycles. The van der Waals surface area contributed by atoms with Gasteiger partial charge in [-0.25, -0.2) is 0 Å². The first-order chi connectivity index (χ1) is 8.54. The summed E-state index contributed by atoms with van der Waals surface area (Å²) in [4.78, 5) is 2.37. The Morgan fingerprint density at radius 3 is 2.22 bits per heavy atom. The highest BCUT2D eigenvalue weighted by molar-refractivity contribution is 5.47. The van der Waals surface area contributed by atoms with E-state index in [-0.39, 0.29) is 0 Å². The van der Waals surface area contributed by atoms with Crippen molar-refractivity contribution in [3.05, 3.63) is 29.8 Å². The molecular weight excluding hydrogens is 220 g/mol. The summed E-state index contributed by atoms with van der Waals surface area (Å²) < 4.78 is 0. The molecule has 1 atom stereocenters. The summed E-state index contributed by atoms with van der Waals surface area (Å²) in [7, 11) is 2.19. The van der Waals surface area contributed by atoms with Gasteiger partial charge in [-0.3, -0.25) is 0 Å². The van der Waals surface area contributed by atoms with Crippen molar-refractivity contribution in [2.45, 2.75) is 46.7 Å². The third-order valence-electron chi connectivity index (χ3n) is 3.40. The summed E-state index contributed by atoms with van der Waals surface area (Å²) in [6.45, 7) is 11.0. The smallest absolute Gasteiger partial charge is 0.0366 e. The molecule has 1 rings (SSSR count). The second kappa shape index (κ2) is 7.42. The van der Waals surface area contributed by atoms with Gasteiger partial charge in [0.15, 0.2) is 0 Å². The number of nitrogens with zero attached hydrogens (tertiary/aromatic N) is 1. The second-order valence-corrected chi connectivity index (χ2v) is 5.54. The fraction of sp³-hybridized carbons (Fsp3) is 0.625. The van der Waals surface area contributed by atoms with Gasteiger partial charge >= 0.3 is 0 Å². The molecule has 0 saturated heterocycles. The minimum atomic E-state index is 0.588. The van der Waals surface area contributed by atoms with Crippen LogP contribution in [0.5, 0.6) is 0 Å². The van der Waals surface area contributed by atoms with Gasteiger partial charge in [0.25, 0.3) is 0 Å². The zero-order valence-corrected chi connectivity index (χ0v) is 12.5. The van der Waals surface area contributed by atoms with Crippen molar-refractivity contribution in [1.82, 2.24) is 5.32 Å². The van der Waals surface area contributed by atoms with E-state index in [9.17, 15) is 0 Å². The van der Waals surface area contributed by atoms with Crippen molar-refractivity contribution < 1.29 is 0 Å². The maximum atomic E-state index is 3.35. The first kappa shape index (κ1) is 15.0. The molecule has 0 aromatic heterocycles. The Bertz CT molecular complexity index is 329. The van der Waals surface area contributed by atoms with Crippen LogP contribution in [-0.2, 0) is 6.54 Å². The minimum absolute atomic E-state index is 0.588. The van der Waals surface area contributed by atoms with E-state index in [1.807, 2.05) is 0 Å². The molecule has 0 saturated carbocycles. The van der Waals surface area contributed by atoms with Crippen LogP contribution >= 0.6 is 0 Å². The second-order valence-electron chi connectivity index (χ2n) is 5.54. The fourth-order valence-electron chi connectivity index (χ4n) is 2.21. The average Bonchev–Trinajstić information content (AvgIpc) is 2.35. The van der Waals surface area contributed by atoms with E-state index in [1.165, 1.54) is 17.7 Å². The molecule has 0 fully saturated rings. The van der Waals surface area contributed by atoms with Crippen LogP contribution in [0.2, 0.25) is 0 Å². The van der Waals surface area contributed by atoms with Gasteiger partial charge in [-0.1, -0.05) is 32.9 Å². The first-order valence-corrected chi connectivity index (χ1v) is 7.07. The van der Waals surface area contributed by atoms with E-state index in [1.54, 1.807) is 0 Å². The van der Waals surface area contributed by atoms with Crippen molar-refractivity contribution in [2.24, 2.45) is 5.92 Å². The van der Waals surface area contributed by atoms with Crippen LogP contribution in [0, 0.1) is 5.92 Å². The zero-order chi connectivity index (χ0) is 13.5. The normalized spacial score (nSPS) is 12.8. The molecule has 102 valence electrons. The van der Waals surface area contributed by atoms with Gasteiger partial charge < -0.3 is 10.2 Å². The van der Waals surface area contributed by atoms with Gasteiger partial charge in [-0.15, -0.1) is 0 Å². The Morgan fingerprint density at radius 2 is 1.72 bits per heavy atom. The van der Waals surface area contributed by atoms with Gasteiger partial charge in [0, 0.05) is 25.3 Å². The number of anilines is 1. The maximum absolute atomic E-state index is 3.35. The van der Waals surface area contributed by atoms with Crippen molar-refractivity contribution in [3.63, 3.8) is 0 Å². The zero-order valence-electron chi connectivity index (χ0n) is 12.5. The lowest BCUT2D eigenvalue weighted by Gasteiger charge is -2.28. The third kappa shape index (κ3) is 4.69. The van der Waals surface area contributed by atoms with Crippen molar-refractivity contribution in [3.8, 4) is 0 Å². The third-order valence-corrected chi connectivity index (χ3v) is 3.40. The van der Waals surface area contributed by atoms with Gasteiger partial charge in [-0.2, -0.15) is 0 Å². The summed E-state index contributed by atoms with van der Waals surface area (Å²) in [6.07, 6.45) is 1.23. The summed E-state index contributed by atoms with van der Waals surface area (Å²) in [5.41, 5.74) is 2.66. The molecule has 2 nitrogen and oxygen atoms in total. The molecule has 2 heteroatoms. The maximum Gasteiger partial charge on any atom is 0.0366 e. The van der Waals surface area contributed by atoms with Crippen LogP contribution in [0.15, 0.2) is 24.3 Å². The molecule has 0 aliphatic rings. The molecule has 0 aliphatic carbocycles. The van der Waals surface area contributed by atoms with E-state index in [4.69, 9.17) is 0 Å². The predicted molar refractivity (Wildman–Crippen MR) is 81.1 cm³/mol. The topological polar surface area (TPSA) is 15.3 Å². The highest BCUT2D eigenvalue weighted by Crippen LogP contribution is 2.19. The molecule has 1 aromatic carbocycles. The molecule has 0 radical (unpaired) electrons. The van der Waals surface area contributed by atoms with Crippen molar-refractivity contribution in [1.29, 1.82) is 0 Å². The number of hydrogen-bond acceptors (Lipinski definition) is 2. The number of nitrogens with one attached hydrogen (secondary N) is 1. The molecular formula is C16H28N2. The lowest BCUT2D eigenvalue weighted by molar-refractivity contribution is 0.504. The lowest BCUT2D eigenvalue weighted by Crippen LogP contribution is -2.29. The number of hydrogen-bond donors (Lipinski definition) is 1. The summed E-state index contributed by atoms with van der Waals surface area (Å²) in [5.74, 6) is 0.746. The number of rotatable bonds is 7. The average molecular weight is 248 g/mol. The Kier molecular flexibility index (Phi) is 6.20. The Morgan fingerprint density at radius 1 is 1.11 bits per heavy atom. The fourth-order valence-corrected chi connectivity index (χ4v) is 2.21. The van der Waals surface area contributed by atoms with E-state index in [2.05, 4.69) is 69.2 Å². The van der Waals surface area contributed by atoms with Crippen LogP contribution in [0.3, 0.4) is 0 Å². The van der Waals surface area contributed by atoms with Gasteiger partial charge in [0.2, 0.25) is 0 Å². The SMILES string of the molecule is CCNCc1ccc(N(C)C(C)CC(C)C)cc1. The van der Waals surface area contributed by atoms with Gasteiger partial charge in [-0.05, 0) is 43.5 Å². The molecule has 0 amide bonds. The monoisotopic (exact) mass is 248 g/mol. The summed E-state index contributed by atoms with van der Waals surface area (Å²) in [5, 5.41) is 3.35. The summed E-state index contributed by atoms with van der Waals surface area (Å²) >= 11 is 0. The van der Waals surface area contributed by atoms with Crippen molar-refractivity contribution >= 4 is 5.69 Å². The highest BCUT2D eigenvalue weighted by atomic mass is 15.1. The minimum Gasteiger partial charge on any atom is -0.372 e. The first-order valence-electron chi connectivity index (χ1n) is 7.07. The van der Waals surface area contributed by atoms with E-state index in [0.29, 0.717) is 6.04 Å². The molecule has 1 aromatic rings. The van der Waals surface area contributed by atoms with Crippen LogP contribution in [0.25, 0.3) is 0 Å². The number of benzene rings is 1. The highest BCUT2D eigenvalue weighted by Gasteiger charge is 2.11. The summed E-state index contributed by atoms with van der Waals surface area (Å²) in [6, 6.07) is 9.48. The van der Waals surface area contributed by atoms with Crippen molar-refractivity contribution in [2.75, 3.05) is 18.5 Å². The van der Waals surface area contributed by atoms with E-state index < -0.39 is 0 Å². The van der Waals surface area contributed by atoms with Crippen LogP contribution in [0.1, 0.15) is 39.7 Å². The van der Waals surface area contributed by atoms with Gasteiger partial charge in [0.1, 0.15) is 0 Å². The molecule has 1 unspecified atom stereocenters. The molecule has 1 N–H and O–H groups in total. The predicted octanol–water partition coefficient (Wildman–Crippen LogP) is 3.67. The molecule has 0 aliphatic heterocycles. The quantitative estimate of drug-likeness (QED) is 0.792. The largest absolute Gasteiger partial charge is 0.372 e. The molecule has 0 spiro atoms. The Hall–Kier alpha value is -1.02. The van der Waals surface area contributed by atoms with E-state index >= 15 is 0 Å². The van der Waals surface area contributed by atoms with Crippen LogP contribution in [0.4, 0.5) is 5.69 Å². The van der Waals surface area contributed by atoms with Crippen LogP contribution in [-0.4, -0.2) is 19.6 Å². The molecule has 18 heavy (non-hydrogen) atoms.